The van der Waals surface area contributed by atoms with Gasteiger partial charge in [-0.3, -0.25) is 9.82 Å². The molecule has 2 heterocycles. The molecular weight excluding hydrogens is 442 g/mol. The van der Waals surface area contributed by atoms with E-state index in [1.165, 1.54) is 11.3 Å². The molecule has 30 heavy (non-hydrogen) atoms. The number of sulfonamides is 1. The van der Waals surface area contributed by atoms with Crippen molar-refractivity contribution in [3.8, 4) is 11.3 Å². The van der Waals surface area contributed by atoms with Crippen LogP contribution in [0.25, 0.3) is 11.3 Å². The van der Waals surface area contributed by atoms with Crippen LogP contribution in [0.3, 0.4) is 0 Å². The molecule has 0 aliphatic rings. The van der Waals surface area contributed by atoms with Gasteiger partial charge < -0.3 is 5.32 Å². The zero-order valence-electron chi connectivity index (χ0n) is 16.1. The number of thiazole rings is 1. The third-order valence-corrected chi connectivity index (χ3v) is 7.11. The minimum atomic E-state index is -3.72. The van der Waals surface area contributed by atoms with Crippen LogP contribution >= 0.6 is 22.9 Å². The van der Waals surface area contributed by atoms with Crippen LogP contribution in [0.1, 0.15) is 11.4 Å². The number of hydrogen-bond donors (Lipinski definition) is 3. The van der Waals surface area contributed by atoms with Crippen LogP contribution in [-0.2, 0) is 10.0 Å². The Kier molecular flexibility index (Phi) is 5.50. The zero-order valence-corrected chi connectivity index (χ0v) is 18.5. The molecule has 0 aliphatic heterocycles. The van der Waals surface area contributed by atoms with E-state index < -0.39 is 10.0 Å². The minimum absolute atomic E-state index is 0.168. The number of aryl methyl sites for hydroxylation is 2. The predicted octanol–water partition coefficient (Wildman–Crippen LogP) is 5.35. The van der Waals surface area contributed by atoms with E-state index in [2.05, 4.69) is 25.2 Å². The second kappa shape index (κ2) is 8.10. The molecule has 0 saturated heterocycles. The van der Waals surface area contributed by atoms with Crippen molar-refractivity contribution in [3.05, 3.63) is 70.3 Å². The second-order valence-electron chi connectivity index (χ2n) is 6.59. The number of halogens is 1. The lowest BCUT2D eigenvalue weighted by Crippen LogP contribution is -2.14. The van der Waals surface area contributed by atoms with Crippen molar-refractivity contribution in [1.29, 1.82) is 0 Å². The Bertz CT molecular complexity index is 1280. The van der Waals surface area contributed by atoms with Gasteiger partial charge in [-0.2, -0.15) is 5.10 Å². The van der Waals surface area contributed by atoms with Gasteiger partial charge in [-0.05, 0) is 38.1 Å². The first-order chi connectivity index (χ1) is 14.3. The molecule has 3 N–H and O–H groups in total. The molecule has 0 aliphatic carbocycles. The van der Waals surface area contributed by atoms with Crippen molar-refractivity contribution in [2.75, 3.05) is 10.0 Å². The van der Waals surface area contributed by atoms with Gasteiger partial charge in [0.2, 0.25) is 0 Å². The first kappa shape index (κ1) is 20.4. The van der Waals surface area contributed by atoms with Gasteiger partial charge in [0.25, 0.3) is 10.0 Å². The zero-order chi connectivity index (χ0) is 21.3. The van der Waals surface area contributed by atoms with Crippen molar-refractivity contribution >= 4 is 49.5 Å². The third-order valence-electron chi connectivity index (χ3n) is 4.38. The van der Waals surface area contributed by atoms with Gasteiger partial charge >= 0.3 is 0 Å². The number of hydrogen-bond acceptors (Lipinski definition) is 6. The number of aromatic amines is 1. The summed E-state index contributed by atoms with van der Waals surface area (Å²) in [7, 11) is -3.72. The number of aromatic nitrogens is 3. The summed E-state index contributed by atoms with van der Waals surface area (Å²) in [5, 5.41) is 13.1. The molecule has 0 amide bonds. The predicted molar refractivity (Wildman–Crippen MR) is 121 cm³/mol. The minimum Gasteiger partial charge on any atom is -0.330 e. The lowest BCUT2D eigenvalue weighted by atomic mass is 10.1. The van der Waals surface area contributed by atoms with E-state index in [1.807, 2.05) is 41.8 Å². The fraction of sp³-hybridized carbons (Fsp3) is 0.100. The van der Waals surface area contributed by atoms with Crippen LogP contribution in [0, 0.1) is 13.8 Å². The van der Waals surface area contributed by atoms with Gasteiger partial charge in [0.05, 0.1) is 27.8 Å². The molecule has 7 nitrogen and oxygen atoms in total. The van der Waals surface area contributed by atoms with Gasteiger partial charge in [0, 0.05) is 16.6 Å². The standard InChI is InChI=1S/C20H18ClN5O2S2/c1-12-19(13(2)25-24-12)30(27,28)26-15-9-7-14(8-10-15)18-11-29-20(23-18)22-17-6-4-3-5-16(17)21/h3-11,26H,1-2H3,(H,22,23)(H,24,25). The molecule has 0 radical (unpaired) electrons. The number of benzene rings is 2. The third kappa shape index (κ3) is 4.18. The summed E-state index contributed by atoms with van der Waals surface area (Å²) >= 11 is 7.64. The average Bonchev–Trinajstić information content (AvgIpc) is 3.30. The summed E-state index contributed by atoms with van der Waals surface area (Å²) in [6.07, 6.45) is 0. The molecular formula is C20H18ClN5O2S2. The Morgan fingerprint density at radius 2 is 1.80 bits per heavy atom. The van der Waals surface area contributed by atoms with Crippen LogP contribution in [0.2, 0.25) is 5.02 Å². The van der Waals surface area contributed by atoms with E-state index in [9.17, 15) is 8.42 Å². The first-order valence-electron chi connectivity index (χ1n) is 8.95. The molecule has 0 spiro atoms. The van der Waals surface area contributed by atoms with Gasteiger partial charge in [-0.25, -0.2) is 13.4 Å². The maximum Gasteiger partial charge on any atom is 0.265 e. The first-order valence-corrected chi connectivity index (χ1v) is 11.7. The number of nitrogens with zero attached hydrogens (tertiary/aromatic N) is 2. The SMILES string of the molecule is Cc1n[nH]c(C)c1S(=O)(=O)Nc1ccc(-c2csc(Nc3ccccc3Cl)n2)cc1. The van der Waals surface area contributed by atoms with Crippen LogP contribution in [0.4, 0.5) is 16.5 Å². The van der Waals surface area contributed by atoms with Gasteiger partial charge in [-0.15, -0.1) is 11.3 Å². The Morgan fingerprint density at radius 1 is 1.07 bits per heavy atom. The molecule has 10 heteroatoms. The van der Waals surface area contributed by atoms with Crippen molar-refractivity contribution in [2.24, 2.45) is 0 Å². The largest absolute Gasteiger partial charge is 0.330 e. The van der Waals surface area contributed by atoms with Crippen LogP contribution in [0.5, 0.6) is 0 Å². The van der Waals surface area contributed by atoms with E-state index in [-0.39, 0.29) is 4.90 Å². The highest BCUT2D eigenvalue weighted by Crippen LogP contribution is 2.31. The summed E-state index contributed by atoms with van der Waals surface area (Å²) in [5.41, 5.74) is 3.83. The lowest BCUT2D eigenvalue weighted by molar-refractivity contribution is 0.600. The van der Waals surface area contributed by atoms with E-state index in [0.29, 0.717) is 27.2 Å². The smallest absolute Gasteiger partial charge is 0.265 e. The number of rotatable bonds is 6. The average molecular weight is 460 g/mol. The van der Waals surface area contributed by atoms with E-state index in [1.54, 1.807) is 26.0 Å². The van der Waals surface area contributed by atoms with Crippen LogP contribution in [-0.4, -0.2) is 23.6 Å². The number of nitrogens with one attached hydrogen (secondary N) is 3. The fourth-order valence-corrected chi connectivity index (χ4v) is 5.34. The monoisotopic (exact) mass is 459 g/mol. The van der Waals surface area contributed by atoms with Gasteiger partial charge in [0.15, 0.2) is 5.13 Å². The summed E-state index contributed by atoms with van der Waals surface area (Å²) in [5.74, 6) is 0. The maximum atomic E-state index is 12.7. The van der Waals surface area contributed by atoms with Crippen LogP contribution in [0.15, 0.2) is 58.8 Å². The van der Waals surface area contributed by atoms with Crippen LogP contribution < -0.4 is 10.0 Å². The van der Waals surface area contributed by atoms with Gasteiger partial charge in [-0.1, -0.05) is 35.9 Å². The van der Waals surface area contributed by atoms with Crippen molar-refractivity contribution in [1.82, 2.24) is 15.2 Å². The Hall–Kier alpha value is -2.88. The number of para-hydroxylation sites is 1. The molecule has 0 bridgehead atoms. The highest BCUT2D eigenvalue weighted by atomic mass is 35.5. The molecule has 2 aromatic carbocycles. The molecule has 0 atom stereocenters. The van der Waals surface area contributed by atoms with E-state index in [0.717, 1.165) is 16.9 Å². The summed E-state index contributed by atoms with van der Waals surface area (Å²) in [6, 6.07) is 14.5. The molecule has 4 rings (SSSR count). The topological polar surface area (TPSA) is 99.8 Å². The lowest BCUT2D eigenvalue weighted by Gasteiger charge is -2.08. The summed E-state index contributed by atoms with van der Waals surface area (Å²) in [6.45, 7) is 3.33. The number of H-pyrrole nitrogens is 1. The molecule has 4 aromatic rings. The fourth-order valence-electron chi connectivity index (χ4n) is 2.99. The summed E-state index contributed by atoms with van der Waals surface area (Å²) < 4.78 is 27.9. The molecule has 0 fully saturated rings. The summed E-state index contributed by atoms with van der Waals surface area (Å²) in [4.78, 5) is 4.75. The van der Waals surface area contributed by atoms with Crippen molar-refractivity contribution < 1.29 is 8.42 Å². The van der Waals surface area contributed by atoms with E-state index in [4.69, 9.17) is 11.6 Å². The molecule has 154 valence electrons. The Labute approximate surface area is 183 Å². The molecule has 0 unspecified atom stereocenters. The maximum absolute atomic E-state index is 12.7. The second-order valence-corrected chi connectivity index (χ2v) is 9.47. The van der Waals surface area contributed by atoms with Gasteiger partial charge in [0.1, 0.15) is 4.90 Å². The van der Waals surface area contributed by atoms with E-state index >= 15 is 0 Å². The quantitative estimate of drug-likeness (QED) is 0.361. The highest BCUT2D eigenvalue weighted by molar-refractivity contribution is 7.92. The normalized spacial score (nSPS) is 11.4. The molecule has 0 saturated carbocycles. The molecule has 2 aromatic heterocycles. The Morgan fingerprint density at radius 3 is 2.47 bits per heavy atom. The Balaban J connectivity index is 1.50. The van der Waals surface area contributed by atoms with Crippen molar-refractivity contribution in [3.63, 3.8) is 0 Å². The highest BCUT2D eigenvalue weighted by Gasteiger charge is 2.22. The van der Waals surface area contributed by atoms with Crippen molar-refractivity contribution in [2.45, 2.75) is 18.7 Å². The number of anilines is 3.